The summed E-state index contributed by atoms with van der Waals surface area (Å²) in [6, 6.07) is 0. The number of carbonyl (C=O) groups excluding carboxylic acids is 1. The monoisotopic (exact) mass is 341 g/mol. The van der Waals surface area contributed by atoms with Gasteiger partial charge in [0.2, 0.25) is 17.7 Å². The molecular weight excluding hydrogens is 327 g/mol. The fourth-order valence-corrected chi connectivity index (χ4v) is 2.51. The number of rotatable bonds is 3. The largest absolute Gasteiger partial charge is 0.451 e. The summed E-state index contributed by atoms with van der Waals surface area (Å²) in [5.41, 5.74) is 0. The second-order valence-electron chi connectivity index (χ2n) is 5.34. The normalized spacial score (nSPS) is 18.5. The molecule has 1 fully saturated rings. The first-order valence-electron chi connectivity index (χ1n) is 7.25. The molecule has 2 aromatic rings. The van der Waals surface area contributed by atoms with Crippen molar-refractivity contribution in [1.82, 2.24) is 25.1 Å². The number of hydrogen-bond donors (Lipinski definition) is 2. The first-order chi connectivity index (χ1) is 11.4. The molecule has 0 spiro atoms. The molecule has 128 valence electrons. The molecule has 1 amide bonds. The van der Waals surface area contributed by atoms with Crippen LogP contribution < -0.4 is 10.2 Å². The van der Waals surface area contributed by atoms with E-state index in [1.807, 2.05) is 4.90 Å². The van der Waals surface area contributed by atoms with Gasteiger partial charge >= 0.3 is 6.18 Å². The smallest absolute Gasteiger partial charge is 0.355 e. The molecule has 11 heteroatoms. The molecule has 0 radical (unpaired) electrons. The standard InChI is InChI=1S/C13H14F3N7O/c14-13(15,16)11-20-12(22-21-11)19-10(24)8-2-1-5-23(7-8)9-6-17-3-4-18-9/h3-4,6,8H,1-2,5,7H2,(H2,19,20,21,22,24). The van der Waals surface area contributed by atoms with Gasteiger partial charge in [-0.2, -0.15) is 18.2 Å². The van der Waals surface area contributed by atoms with Crippen molar-refractivity contribution >= 4 is 17.7 Å². The number of aromatic nitrogens is 5. The van der Waals surface area contributed by atoms with Gasteiger partial charge in [0, 0.05) is 25.5 Å². The summed E-state index contributed by atoms with van der Waals surface area (Å²) in [6.07, 6.45) is 1.47. The van der Waals surface area contributed by atoms with Gasteiger partial charge in [0.1, 0.15) is 5.82 Å². The number of halogens is 3. The van der Waals surface area contributed by atoms with Crippen molar-refractivity contribution in [3.8, 4) is 0 Å². The molecular formula is C13H14F3N7O. The molecule has 1 atom stereocenters. The lowest BCUT2D eigenvalue weighted by molar-refractivity contribution is -0.144. The number of aromatic amines is 1. The minimum absolute atomic E-state index is 0.385. The number of piperidine rings is 1. The highest BCUT2D eigenvalue weighted by atomic mass is 19.4. The van der Waals surface area contributed by atoms with Gasteiger partial charge in [-0.25, -0.2) is 4.98 Å². The molecule has 0 bridgehead atoms. The average molecular weight is 341 g/mol. The highest BCUT2D eigenvalue weighted by molar-refractivity contribution is 5.91. The molecule has 1 saturated heterocycles. The lowest BCUT2D eigenvalue weighted by atomic mass is 9.97. The van der Waals surface area contributed by atoms with Gasteiger partial charge in [-0.3, -0.25) is 20.2 Å². The molecule has 1 unspecified atom stereocenters. The Hall–Kier alpha value is -2.72. The van der Waals surface area contributed by atoms with Crippen LogP contribution in [0.4, 0.5) is 24.9 Å². The van der Waals surface area contributed by atoms with Gasteiger partial charge in [-0.15, -0.1) is 5.10 Å². The van der Waals surface area contributed by atoms with Crippen LogP contribution in [0.1, 0.15) is 18.7 Å². The fourth-order valence-electron chi connectivity index (χ4n) is 2.51. The molecule has 24 heavy (non-hydrogen) atoms. The molecule has 2 N–H and O–H groups in total. The highest BCUT2D eigenvalue weighted by Gasteiger charge is 2.36. The second-order valence-corrected chi connectivity index (χ2v) is 5.34. The minimum Gasteiger partial charge on any atom is -0.355 e. The number of alkyl halides is 3. The van der Waals surface area contributed by atoms with Crippen LogP contribution in [0.3, 0.4) is 0 Å². The number of amides is 1. The zero-order valence-electron chi connectivity index (χ0n) is 12.4. The average Bonchev–Trinajstić information content (AvgIpc) is 3.05. The lowest BCUT2D eigenvalue weighted by Gasteiger charge is -2.32. The molecule has 0 saturated carbocycles. The van der Waals surface area contributed by atoms with Gasteiger partial charge in [0.15, 0.2) is 0 Å². The quantitative estimate of drug-likeness (QED) is 0.877. The maximum Gasteiger partial charge on any atom is 0.451 e. The van der Waals surface area contributed by atoms with E-state index in [4.69, 9.17) is 0 Å². The summed E-state index contributed by atoms with van der Waals surface area (Å²) in [4.78, 5) is 25.6. The summed E-state index contributed by atoms with van der Waals surface area (Å²) >= 11 is 0. The third kappa shape index (κ3) is 3.60. The van der Waals surface area contributed by atoms with Crippen LogP contribution in [0.15, 0.2) is 18.6 Å². The first-order valence-corrected chi connectivity index (χ1v) is 7.25. The van der Waals surface area contributed by atoms with Crippen molar-refractivity contribution in [2.45, 2.75) is 19.0 Å². The molecule has 0 aliphatic carbocycles. The van der Waals surface area contributed by atoms with Crippen molar-refractivity contribution < 1.29 is 18.0 Å². The Morgan fingerprint density at radius 2 is 2.21 bits per heavy atom. The summed E-state index contributed by atoms with van der Waals surface area (Å²) in [6.45, 7) is 1.14. The van der Waals surface area contributed by atoms with E-state index < -0.39 is 23.8 Å². The third-order valence-corrected chi connectivity index (χ3v) is 3.65. The number of nitrogens with zero attached hydrogens (tertiary/aromatic N) is 5. The third-order valence-electron chi connectivity index (χ3n) is 3.65. The lowest BCUT2D eigenvalue weighted by Crippen LogP contribution is -2.41. The van der Waals surface area contributed by atoms with Crippen molar-refractivity contribution in [3.05, 3.63) is 24.4 Å². The number of hydrogen-bond acceptors (Lipinski definition) is 6. The summed E-state index contributed by atoms with van der Waals surface area (Å²) in [5, 5.41) is 7.45. The number of H-pyrrole nitrogens is 1. The maximum absolute atomic E-state index is 12.5. The molecule has 2 aromatic heterocycles. The summed E-state index contributed by atoms with van der Waals surface area (Å²) < 4.78 is 37.4. The van der Waals surface area contributed by atoms with E-state index >= 15 is 0 Å². The number of anilines is 2. The van der Waals surface area contributed by atoms with E-state index in [9.17, 15) is 18.0 Å². The van der Waals surface area contributed by atoms with Crippen LogP contribution in [0.5, 0.6) is 0 Å². The SMILES string of the molecule is O=C(Nc1n[nH]c(C(F)(F)F)n1)C1CCCN(c2cnccn2)C1. The van der Waals surface area contributed by atoms with E-state index in [1.165, 1.54) is 0 Å². The number of carbonyl (C=O) groups is 1. The van der Waals surface area contributed by atoms with Gasteiger partial charge in [-0.05, 0) is 12.8 Å². The molecule has 8 nitrogen and oxygen atoms in total. The minimum atomic E-state index is -4.64. The van der Waals surface area contributed by atoms with Gasteiger partial charge in [0.05, 0.1) is 12.1 Å². The van der Waals surface area contributed by atoms with E-state index in [0.29, 0.717) is 18.8 Å². The van der Waals surface area contributed by atoms with Crippen LogP contribution >= 0.6 is 0 Å². The molecule has 0 aromatic carbocycles. The molecule has 3 heterocycles. The van der Waals surface area contributed by atoms with Crippen molar-refractivity contribution in [2.24, 2.45) is 5.92 Å². The van der Waals surface area contributed by atoms with Crippen molar-refractivity contribution in [1.29, 1.82) is 0 Å². The Balaban J connectivity index is 1.63. The highest BCUT2D eigenvalue weighted by Crippen LogP contribution is 2.26. The molecule has 3 rings (SSSR count). The predicted octanol–water partition coefficient (Wildman–Crippen LogP) is 1.47. The van der Waals surface area contributed by atoms with Crippen LogP contribution in [-0.4, -0.2) is 44.1 Å². The second kappa shape index (κ2) is 6.42. The molecule has 1 aliphatic rings. The van der Waals surface area contributed by atoms with Crippen molar-refractivity contribution in [2.75, 3.05) is 23.3 Å². The Morgan fingerprint density at radius 3 is 2.88 bits per heavy atom. The van der Waals surface area contributed by atoms with Crippen LogP contribution in [0.2, 0.25) is 0 Å². The first kappa shape index (κ1) is 16.1. The van der Waals surface area contributed by atoms with E-state index in [2.05, 4.69) is 25.4 Å². The zero-order valence-corrected chi connectivity index (χ0v) is 12.4. The van der Waals surface area contributed by atoms with Gasteiger partial charge in [-0.1, -0.05) is 0 Å². The van der Waals surface area contributed by atoms with Crippen LogP contribution in [0.25, 0.3) is 0 Å². The summed E-state index contributed by atoms with van der Waals surface area (Å²) in [5.74, 6) is -1.79. The van der Waals surface area contributed by atoms with Gasteiger partial charge in [0.25, 0.3) is 0 Å². The van der Waals surface area contributed by atoms with E-state index in [0.717, 1.165) is 13.0 Å². The van der Waals surface area contributed by atoms with Gasteiger partial charge < -0.3 is 4.90 Å². The Morgan fingerprint density at radius 1 is 1.38 bits per heavy atom. The Labute approximate surface area is 134 Å². The Kier molecular flexibility index (Phi) is 4.32. The topological polar surface area (TPSA) is 99.7 Å². The van der Waals surface area contributed by atoms with E-state index in [-0.39, 0.29) is 5.95 Å². The van der Waals surface area contributed by atoms with E-state index in [1.54, 1.807) is 23.7 Å². The van der Waals surface area contributed by atoms with Crippen LogP contribution in [0, 0.1) is 5.92 Å². The molecule has 1 aliphatic heterocycles. The maximum atomic E-state index is 12.5. The summed E-state index contributed by atoms with van der Waals surface area (Å²) in [7, 11) is 0. The Bertz CT molecular complexity index is 703. The van der Waals surface area contributed by atoms with Crippen LogP contribution in [-0.2, 0) is 11.0 Å². The van der Waals surface area contributed by atoms with Crippen molar-refractivity contribution in [3.63, 3.8) is 0 Å². The predicted molar refractivity (Wildman–Crippen MR) is 77.0 cm³/mol. The fraction of sp³-hybridized carbons (Fsp3) is 0.462. The number of nitrogens with one attached hydrogen (secondary N) is 2. The zero-order chi connectivity index (χ0) is 17.2.